The summed E-state index contributed by atoms with van der Waals surface area (Å²) in [6.45, 7) is 1.44. The molecular weight excluding hydrogens is 338 g/mol. The van der Waals surface area contributed by atoms with Crippen molar-refractivity contribution in [3.8, 4) is 0 Å². The minimum absolute atomic E-state index is 0.0222. The summed E-state index contributed by atoms with van der Waals surface area (Å²) in [5, 5.41) is 8.79. The first kappa shape index (κ1) is 19.2. The zero-order chi connectivity index (χ0) is 17.8. The van der Waals surface area contributed by atoms with E-state index in [9.17, 15) is 23.3 Å². The van der Waals surface area contributed by atoms with E-state index in [-0.39, 0.29) is 19.4 Å². The molecule has 130 valence electrons. The number of carboxylic acid groups (broad SMARTS) is 1. The lowest BCUT2D eigenvalue weighted by molar-refractivity contribution is -0.149. The second kappa shape index (κ2) is 7.64. The third kappa shape index (κ3) is 5.39. The fourth-order valence-electron chi connectivity index (χ4n) is 1.76. The Kier molecular flexibility index (Phi) is 6.39. The van der Waals surface area contributed by atoms with E-state index in [0.717, 1.165) is 4.57 Å². The fraction of sp³-hybridized carbons (Fsp3) is 0.545. The van der Waals surface area contributed by atoms with Gasteiger partial charge >= 0.3 is 19.3 Å². The Morgan fingerprint density at radius 3 is 2.57 bits per heavy atom. The number of hydrogen-bond donors (Lipinski definition) is 4. The molecule has 0 saturated heterocycles. The number of hydrogen-bond acceptors (Lipinski definition) is 5. The van der Waals surface area contributed by atoms with Crippen LogP contribution < -0.4 is 11.2 Å². The first-order valence-corrected chi connectivity index (χ1v) is 8.17. The summed E-state index contributed by atoms with van der Waals surface area (Å²) in [4.78, 5) is 52.9. The summed E-state index contributed by atoms with van der Waals surface area (Å²) >= 11 is 0. The van der Waals surface area contributed by atoms with Gasteiger partial charge in [-0.1, -0.05) is 6.92 Å². The van der Waals surface area contributed by atoms with Gasteiger partial charge in [0.05, 0.1) is 12.3 Å². The molecule has 1 aromatic heterocycles. The molecule has 10 nitrogen and oxygen atoms in total. The van der Waals surface area contributed by atoms with Crippen LogP contribution in [-0.4, -0.2) is 42.4 Å². The summed E-state index contributed by atoms with van der Waals surface area (Å²) in [7, 11) is -5.02. The maximum absolute atomic E-state index is 13.1. The number of nitrogens with one attached hydrogen (secondary N) is 1. The van der Waals surface area contributed by atoms with Crippen molar-refractivity contribution in [1.82, 2.24) is 9.55 Å². The highest BCUT2D eigenvalue weighted by molar-refractivity contribution is 7.53. The third-order valence-corrected chi connectivity index (χ3v) is 3.91. The van der Waals surface area contributed by atoms with Crippen molar-refractivity contribution in [1.29, 1.82) is 0 Å². The van der Waals surface area contributed by atoms with E-state index in [2.05, 4.69) is 0 Å². The monoisotopic (exact) mass is 354 g/mol. The predicted octanol–water partition coefficient (Wildman–Crippen LogP) is -0.551. The average molecular weight is 354 g/mol. The lowest BCUT2D eigenvalue weighted by Gasteiger charge is -2.22. The van der Waals surface area contributed by atoms with Crippen molar-refractivity contribution in [2.45, 2.75) is 38.3 Å². The normalized spacial score (nSPS) is 14.4. The van der Waals surface area contributed by atoms with Crippen LogP contribution in [0.4, 0.5) is 4.39 Å². The second-order valence-corrected chi connectivity index (χ2v) is 6.31. The number of aromatic nitrogens is 2. The number of ether oxygens (including phenoxy) is 1. The number of nitrogens with zero attached hydrogens (tertiary/aromatic N) is 1. The van der Waals surface area contributed by atoms with Crippen LogP contribution in [0.15, 0.2) is 15.8 Å². The molecule has 23 heavy (non-hydrogen) atoms. The molecule has 0 amide bonds. The van der Waals surface area contributed by atoms with Gasteiger partial charge in [-0.15, -0.1) is 0 Å². The van der Waals surface area contributed by atoms with Crippen LogP contribution in [0.2, 0.25) is 0 Å². The zero-order valence-electron chi connectivity index (χ0n) is 12.0. The van der Waals surface area contributed by atoms with Crippen molar-refractivity contribution < 1.29 is 33.4 Å². The van der Waals surface area contributed by atoms with Gasteiger partial charge in [0.15, 0.2) is 0 Å². The summed E-state index contributed by atoms with van der Waals surface area (Å²) in [6.07, 6.45) is -0.0349. The van der Waals surface area contributed by atoms with Gasteiger partial charge in [-0.25, -0.2) is 9.59 Å². The Hall–Kier alpha value is -1.81. The van der Waals surface area contributed by atoms with Crippen LogP contribution >= 0.6 is 7.60 Å². The molecule has 0 fully saturated rings. The van der Waals surface area contributed by atoms with E-state index in [4.69, 9.17) is 19.6 Å². The number of carbonyl (C=O) groups is 1. The number of aromatic amines is 1. The molecule has 2 unspecified atom stereocenters. The van der Waals surface area contributed by atoms with Crippen molar-refractivity contribution in [3.63, 3.8) is 0 Å². The molecule has 0 aliphatic rings. The van der Waals surface area contributed by atoms with Crippen LogP contribution in [-0.2, 0) is 20.6 Å². The number of rotatable bonds is 8. The quantitative estimate of drug-likeness (QED) is 0.453. The van der Waals surface area contributed by atoms with E-state index in [1.165, 1.54) is 0 Å². The molecule has 4 N–H and O–H groups in total. The van der Waals surface area contributed by atoms with Crippen LogP contribution in [0.1, 0.15) is 19.8 Å². The number of carboxylic acids is 1. The Balaban J connectivity index is 2.84. The van der Waals surface area contributed by atoms with E-state index in [0.29, 0.717) is 6.20 Å². The highest BCUT2D eigenvalue weighted by Gasteiger charge is 2.38. The number of halogens is 1. The Labute approximate surface area is 128 Å². The van der Waals surface area contributed by atoms with E-state index >= 15 is 0 Å². The van der Waals surface area contributed by atoms with Crippen molar-refractivity contribution >= 4 is 13.6 Å². The standard InChI is InChI=1S/C11H16FN2O8P/c1-2-6(22-10(9(16)17)23(19,20)21)3-4-14-5-7(12)8(15)13-11(14)18/h5-6,10H,2-4H2,1H3,(H,16,17)(H,13,15,18)(H2,19,20,21). The average Bonchev–Trinajstić information content (AvgIpc) is 2.42. The van der Waals surface area contributed by atoms with E-state index < -0.39 is 42.6 Å². The van der Waals surface area contributed by atoms with Gasteiger partial charge in [-0.05, 0) is 12.8 Å². The smallest absolute Gasteiger partial charge is 0.365 e. The minimum Gasteiger partial charge on any atom is -0.479 e. The fourth-order valence-corrected chi connectivity index (χ4v) is 2.38. The van der Waals surface area contributed by atoms with Gasteiger partial charge < -0.3 is 19.6 Å². The molecule has 0 radical (unpaired) electrons. The van der Waals surface area contributed by atoms with Crippen LogP contribution in [0.3, 0.4) is 0 Å². The molecular formula is C11H16FN2O8P. The highest BCUT2D eigenvalue weighted by atomic mass is 31.2. The van der Waals surface area contributed by atoms with Gasteiger partial charge in [-0.2, -0.15) is 4.39 Å². The minimum atomic E-state index is -5.02. The molecule has 12 heteroatoms. The molecule has 1 rings (SSSR count). The topological polar surface area (TPSA) is 159 Å². The SMILES string of the molecule is CCC(CCn1cc(F)c(=O)[nH]c1=O)OC(C(=O)O)P(=O)(O)O. The Morgan fingerprint density at radius 2 is 2.09 bits per heavy atom. The molecule has 1 heterocycles. The Bertz CT molecular complexity index is 723. The number of aliphatic carboxylic acids is 1. The van der Waals surface area contributed by atoms with Crippen LogP contribution in [0.5, 0.6) is 0 Å². The summed E-state index contributed by atoms with van der Waals surface area (Å²) in [5.74, 6) is -5.31. The summed E-state index contributed by atoms with van der Waals surface area (Å²) in [6, 6.07) is 0. The maximum atomic E-state index is 13.1. The first-order chi connectivity index (χ1) is 10.6. The van der Waals surface area contributed by atoms with Crippen LogP contribution in [0.25, 0.3) is 0 Å². The van der Waals surface area contributed by atoms with Gasteiger partial charge in [-0.3, -0.25) is 18.9 Å². The second-order valence-electron chi connectivity index (χ2n) is 4.66. The van der Waals surface area contributed by atoms with Gasteiger partial charge in [0.1, 0.15) is 0 Å². The van der Waals surface area contributed by atoms with E-state index in [1.807, 2.05) is 0 Å². The molecule has 0 aliphatic carbocycles. The molecule has 0 aliphatic heterocycles. The molecule has 0 aromatic carbocycles. The molecule has 0 bridgehead atoms. The molecule has 0 spiro atoms. The zero-order valence-corrected chi connectivity index (χ0v) is 12.9. The van der Waals surface area contributed by atoms with E-state index in [1.54, 1.807) is 11.9 Å². The number of aryl methyl sites for hydroxylation is 1. The Morgan fingerprint density at radius 1 is 1.48 bits per heavy atom. The predicted molar refractivity (Wildman–Crippen MR) is 74.5 cm³/mol. The lowest BCUT2D eigenvalue weighted by Crippen LogP contribution is -2.33. The van der Waals surface area contributed by atoms with Crippen molar-refractivity contribution in [2.24, 2.45) is 0 Å². The first-order valence-electron chi connectivity index (χ1n) is 6.49. The largest absolute Gasteiger partial charge is 0.479 e. The van der Waals surface area contributed by atoms with Gasteiger partial charge in [0, 0.05) is 6.54 Å². The lowest BCUT2D eigenvalue weighted by atomic mass is 10.2. The van der Waals surface area contributed by atoms with Gasteiger partial charge in [0.25, 0.3) is 11.4 Å². The maximum Gasteiger partial charge on any atom is 0.365 e. The number of H-pyrrole nitrogens is 1. The summed E-state index contributed by atoms with van der Waals surface area (Å²) in [5.41, 5.74) is -2.03. The molecule has 2 atom stereocenters. The van der Waals surface area contributed by atoms with Gasteiger partial charge in [0.2, 0.25) is 5.82 Å². The summed E-state index contributed by atoms with van der Waals surface area (Å²) < 4.78 is 29.9. The highest BCUT2D eigenvalue weighted by Crippen LogP contribution is 2.42. The molecule has 1 aromatic rings. The van der Waals surface area contributed by atoms with Crippen LogP contribution in [0, 0.1) is 5.82 Å². The van der Waals surface area contributed by atoms with Crippen molar-refractivity contribution in [2.75, 3.05) is 0 Å². The third-order valence-electron chi connectivity index (χ3n) is 2.95. The van der Waals surface area contributed by atoms with Crippen molar-refractivity contribution in [3.05, 3.63) is 32.9 Å². The molecule has 0 saturated carbocycles.